The van der Waals surface area contributed by atoms with Gasteiger partial charge in [-0.2, -0.15) is 5.26 Å². The minimum Gasteiger partial charge on any atom is -0.321 e. The van der Waals surface area contributed by atoms with Crippen LogP contribution in [0.25, 0.3) is 0 Å². The zero-order valence-corrected chi connectivity index (χ0v) is 11.7. The third-order valence-corrected chi connectivity index (χ3v) is 3.99. The number of hydrogen-bond donors (Lipinski definition) is 1. The quantitative estimate of drug-likeness (QED) is 0.923. The van der Waals surface area contributed by atoms with Gasteiger partial charge in [-0.25, -0.2) is 0 Å². The van der Waals surface area contributed by atoms with Crippen molar-refractivity contribution in [1.29, 1.82) is 5.26 Å². The van der Waals surface area contributed by atoms with Gasteiger partial charge in [0.05, 0.1) is 16.5 Å². The molecule has 0 bridgehead atoms. The molecule has 3 nitrogen and oxygen atoms in total. The summed E-state index contributed by atoms with van der Waals surface area (Å²) in [6.45, 7) is 4.11. The molecule has 1 aromatic heterocycles. The van der Waals surface area contributed by atoms with Crippen molar-refractivity contribution in [2.75, 3.05) is 5.32 Å². The van der Waals surface area contributed by atoms with Crippen LogP contribution in [-0.2, 0) is 6.42 Å². The van der Waals surface area contributed by atoms with Crippen molar-refractivity contribution < 1.29 is 4.79 Å². The first-order chi connectivity index (χ1) is 9.13. The monoisotopic (exact) mass is 270 g/mol. The first-order valence-corrected chi connectivity index (χ1v) is 6.86. The number of carbonyl (C=O) groups is 1. The van der Waals surface area contributed by atoms with E-state index in [9.17, 15) is 4.79 Å². The van der Waals surface area contributed by atoms with Crippen LogP contribution in [0.4, 0.5) is 5.69 Å². The first kappa shape index (κ1) is 13.3. The fourth-order valence-electron chi connectivity index (χ4n) is 1.80. The predicted octanol–water partition coefficient (Wildman–Crippen LogP) is 3.74. The Morgan fingerprint density at radius 2 is 2.05 bits per heavy atom. The summed E-state index contributed by atoms with van der Waals surface area (Å²) in [4.78, 5) is 14.0. The molecule has 0 fully saturated rings. The zero-order chi connectivity index (χ0) is 13.8. The second-order valence-electron chi connectivity index (χ2n) is 4.19. The van der Waals surface area contributed by atoms with Gasteiger partial charge in [-0.15, -0.1) is 11.3 Å². The molecule has 19 heavy (non-hydrogen) atoms. The lowest BCUT2D eigenvalue weighted by atomic mass is 10.2. The number of benzene rings is 1. The Labute approximate surface area is 116 Å². The molecule has 2 rings (SSSR count). The minimum atomic E-state index is -0.0995. The van der Waals surface area contributed by atoms with E-state index < -0.39 is 0 Å². The van der Waals surface area contributed by atoms with E-state index in [4.69, 9.17) is 5.26 Å². The molecule has 0 saturated heterocycles. The minimum absolute atomic E-state index is 0.0995. The van der Waals surface area contributed by atoms with E-state index in [0.29, 0.717) is 11.3 Å². The van der Waals surface area contributed by atoms with E-state index in [-0.39, 0.29) is 5.91 Å². The van der Waals surface area contributed by atoms with Gasteiger partial charge >= 0.3 is 0 Å². The number of aryl methyl sites for hydroxylation is 2. The van der Waals surface area contributed by atoms with Gasteiger partial charge in [-0.05, 0) is 49.2 Å². The van der Waals surface area contributed by atoms with Crippen LogP contribution in [0.15, 0.2) is 30.3 Å². The molecule has 96 valence electrons. The average molecular weight is 270 g/mol. The van der Waals surface area contributed by atoms with Gasteiger partial charge in [0.2, 0.25) is 0 Å². The van der Waals surface area contributed by atoms with E-state index in [1.807, 2.05) is 19.1 Å². The summed E-state index contributed by atoms with van der Waals surface area (Å²) in [6, 6.07) is 10.8. The van der Waals surface area contributed by atoms with Crippen LogP contribution in [0.5, 0.6) is 0 Å². The molecule has 2 aromatic rings. The highest BCUT2D eigenvalue weighted by Crippen LogP contribution is 2.23. The largest absolute Gasteiger partial charge is 0.321 e. The highest BCUT2D eigenvalue weighted by molar-refractivity contribution is 7.14. The highest BCUT2D eigenvalue weighted by atomic mass is 32.1. The van der Waals surface area contributed by atoms with Crippen LogP contribution in [-0.4, -0.2) is 5.91 Å². The summed E-state index contributed by atoms with van der Waals surface area (Å²) in [6.07, 6.45) is 0.937. The zero-order valence-electron chi connectivity index (χ0n) is 10.9. The van der Waals surface area contributed by atoms with Gasteiger partial charge in [0.25, 0.3) is 5.91 Å². The normalized spacial score (nSPS) is 9.95. The lowest BCUT2D eigenvalue weighted by Crippen LogP contribution is -2.09. The van der Waals surface area contributed by atoms with E-state index in [0.717, 1.165) is 11.3 Å². The molecule has 0 saturated carbocycles. The SMILES string of the molecule is CCc1cc(C(=O)Nc2ccc(C#N)cc2)sc1C. The molecule has 0 spiro atoms. The van der Waals surface area contributed by atoms with E-state index >= 15 is 0 Å². The van der Waals surface area contributed by atoms with Crippen LogP contribution < -0.4 is 5.32 Å². The molecule has 1 aromatic carbocycles. The number of amides is 1. The summed E-state index contributed by atoms with van der Waals surface area (Å²) in [5, 5.41) is 11.5. The van der Waals surface area contributed by atoms with Gasteiger partial charge in [0.1, 0.15) is 0 Å². The maximum absolute atomic E-state index is 12.1. The summed E-state index contributed by atoms with van der Waals surface area (Å²) >= 11 is 1.51. The Balaban J connectivity index is 2.13. The van der Waals surface area contributed by atoms with Crippen LogP contribution in [0.2, 0.25) is 0 Å². The third kappa shape index (κ3) is 3.01. The van der Waals surface area contributed by atoms with Crippen molar-refractivity contribution in [3.05, 3.63) is 51.2 Å². The summed E-state index contributed by atoms with van der Waals surface area (Å²) in [5.41, 5.74) is 2.50. The standard InChI is InChI=1S/C15H14N2OS/c1-3-12-8-14(19-10(12)2)15(18)17-13-6-4-11(9-16)5-7-13/h4-8H,3H2,1-2H3,(H,17,18). The van der Waals surface area contributed by atoms with Crippen LogP contribution in [0.1, 0.15) is 32.6 Å². The van der Waals surface area contributed by atoms with Crippen molar-refractivity contribution in [3.63, 3.8) is 0 Å². The number of nitrogens with one attached hydrogen (secondary N) is 1. The highest BCUT2D eigenvalue weighted by Gasteiger charge is 2.11. The molecule has 1 N–H and O–H groups in total. The Morgan fingerprint density at radius 1 is 1.37 bits per heavy atom. The van der Waals surface area contributed by atoms with Gasteiger partial charge in [0, 0.05) is 10.6 Å². The molecule has 0 unspecified atom stereocenters. The van der Waals surface area contributed by atoms with Gasteiger partial charge in [-0.3, -0.25) is 4.79 Å². The third-order valence-electron chi connectivity index (χ3n) is 2.90. The average Bonchev–Trinajstić information content (AvgIpc) is 2.81. The number of carbonyl (C=O) groups excluding carboxylic acids is 1. The molecule has 0 aliphatic carbocycles. The number of nitrogens with zero attached hydrogens (tertiary/aromatic N) is 1. The number of anilines is 1. The lowest BCUT2D eigenvalue weighted by molar-refractivity contribution is 0.103. The topological polar surface area (TPSA) is 52.9 Å². The number of rotatable bonds is 3. The Hall–Kier alpha value is -2.12. The summed E-state index contributed by atoms with van der Waals surface area (Å²) in [7, 11) is 0. The Kier molecular flexibility index (Phi) is 3.98. The van der Waals surface area contributed by atoms with Crippen LogP contribution in [0.3, 0.4) is 0 Å². The van der Waals surface area contributed by atoms with E-state index in [2.05, 4.69) is 12.2 Å². The van der Waals surface area contributed by atoms with Crippen molar-refractivity contribution >= 4 is 22.9 Å². The van der Waals surface area contributed by atoms with Crippen molar-refractivity contribution in [2.24, 2.45) is 0 Å². The second-order valence-corrected chi connectivity index (χ2v) is 5.45. The van der Waals surface area contributed by atoms with Crippen molar-refractivity contribution in [1.82, 2.24) is 0 Å². The number of nitriles is 1. The molecule has 1 heterocycles. The summed E-state index contributed by atoms with van der Waals surface area (Å²) < 4.78 is 0. The van der Waals surface area contributed by atoms with E-state index in [1.54, 1.807) is 24.3 Å². The Bertz CT molecular complexity index is 635. The second kappa shape index (κ2) is 5.68. The van der Waals surface area contributed by atoms with E-state index in [1.165, 1.54) is 21.8 Å². The van der Waals surface area contributed by atoms with Crippen molar-refractivity contribution in [2.45, 2.75) is 20.3 Å². The smallest absolute Gasteiger partial charge is 0.265 e. The molecular formula is C15H14N2OS. The molecular weight excluding hydrogens is 256 g/mol. The molecule has 0 atom stereocenters. The predicted molar refractivity (Wildman–Crippen MR) is 77.5 cm³/mol. The molecule has 0 aliphatic rings. The fourth-order valence-corrected chi connectivity index (χ4v) is 2.81. The number of thiophene rings is 1. The molecule has 0 aliphatic heterocycles. The molecule has 1 amide bonds. The van der Waals surface area contributed by atoms with Crippen LogP contribution >= 0.6 is 11.3 Å². The maximum atomic E-state index is 12.1. The van der Waals surface area contributed by atoms with Crippen LogP contribution in [0, 0.1) is 18.3 Å². The summed E-state index contributed by atoms with van der Waals surface area (Å²) in [5.74, 6) is -0.0995. The fraction of sp³-hybridized carbons (Fsp3) is 0.200. The molecule has 4 heteroatoms. The van der Waals surface area contributed by atoms with Crippen molar-refractivity contribution in [3.8, 4) is 6.07 Å². The van der Waals surface area contributed by atoms with Gasteiger partial charge < -0.3 is 5.32 Å². The van der Waals surface area contributed by atoms with Gasteiger partial charge in [-0.1, -0.05) is 6.92 Å². The lowest BCUT2D eigenvalue weighted by Gasteiger charge is -2.02. The van der Waals surface area contributed by atoms with Gasteiger partial charge in [0.15, 0.2) is 0 Å². The first-order valence-electron chi connectivity index (χ1n) is 6.05. The molecule has 0 radical (unpaired) electrons. The number of hydrogen-bond acceptors (Lipinski definition) is 3. The maximum Gasteiger partial charge on any atom is 0.265 e. The Morgan fingerprint density at radius 3 is 2.58 bits per heavy atom.